The van der Waals surface area contributed by atoms with Gasteiger partial charge < -0.3 is 5.11 Å². The van der Waals surface area contributed by atoms with Crippen molar-refractivity contribution < 1.29 is 5.11 Å². The van der Waals surface area contributed by atoms with Crippen LogP contribution in [0.5, 0.6) is 0 Å². The van der Waals surface area contributed by atoms with Crippen LogP contribution >= 0.6 is 23.4 Å². The number of hydrogen-bond acceptors (Lipinski definition) is 7. The van der Waals surface area contributed by atoms with Gasteiger partial charge in [0, 0.05) is 12.4 Å². The van der Waals surface area contributed by atoms with Crippen LogP contribution < -0.4 is 0 Å². The highest BCUT2D eigenvalue weighted by molar-refractivity contribution is 7.99. The molecule has 90 valence electrons. The van der Waals surface area contributed by atoms with Gasteiger partial charge in [-0.25, -0.2) is 4.98 Å². The minimum atomic E-state index is 0.108. The van der Waals surface area contributed by atoms with Crippen LogP contribution in [-0.2, 0) is 0 Å². The molecule has 9 heteroatoms. The fourth-order valence-corrected chi connectivity index (χ4v) is 1.99. The number of aliphatic hydroxyl groups excluding tert-OH is 1. The normalized spacial score (nSPS) is 10.7. The molecule has 0 atom stereocenters. The Morgan fingerprint density at radius 2 is 2.24 bits per heavy atom. The molecule has 0 aliphatic carbocycles. The van der Waals surface area contributed by atoms with Crippen molar-refractivity contribution in [3.8, 4) is 5.95 Å². The summed E-state index contributed by atoms with van der Waals surface area (Å²) in [6.45, 7) is 0.141. The summed E-state index contributed by atoms with van der Waals surface area (Å²) in [5, 5.41) is 13.2. The van der Waals surface area contributed by atoms with E-state index >= 15 is 0 Å². The summed E-state index contributed by atoms with van der Waals surface area (Å²) in [4.78, 5) is 15.9. The lowest BCUT2D eigenvalue weighted by Gasteiger charge is -2.02. The van der Waals surface area contributed by atoms with Crippen LogP contribution in [0.15, 0.2) is 17.8 Å². The summed E-state index contributed by atoms with van der Waals surface area (Å²) in [5.41, 5.74) is 0. The van der Waals surface area contributed by atoms with Crippen LogP contribution in [0.25, 0.3) is 5.95 Å². The van der Waals surface area contributed by atoms with E-state index in [2.05, 4.69) is 25.0 Å². The lowest BCUT2D eigenvalue weighted by atomic mass is 10.5. The van der Waals surface area contributed by atoms with Gasteiger partial charge in [0.1, 0.15) is 12.7 Å². The van der Waals surface area contributed by atoms with Gasteiger partial charge in [-0.2, -0.15) is 24.7 Å². The van der Waals surface area contributed by atoms with Crippen molar-refractivity contribution in [3.05, 3.63) is 17.9 Å². The molecular weight excluding hydrogens is 264 g/mol. The minimum Gasteiger partial charge on any atom is -0.396 e. The topological polar surface area (TPSA) is 89.6 Å². The second-order valence-corrected chi connectivity index (χ2v) is 4.35. The number of nitrogens with zero attached hydrogens (tertiary/aromatic N) is 6. The number of hydrogen-bond donors (Lipinski definition) is 1. The lowest BCUT2D eigenvalue weighted by molar-refractivity contribution is 0.296. The third-order valence-corrected chi connectivity index (χ3v) is 2.84. The van der Waals surface area contributed by atoms with E-state index in [1.807, 2.05) is 0 Å². The number of aliphatic hydroxyl groups is 1. The van der Waals surface area contributed by atoms with Gasteiger partial charge in [0.05, 0.1) is 0 Å². The predicted molar refractivity (Wildman–Crippen MR) is 62.2 cm³/mol. The SMILES string of the molecule is OCCCSc1nc(Cl)nc(-n2cncn2)n1. The van der Waals surface area contributed by atoms with Crippen LogP contribution in [0.3, 0.4) is 0 Å². The van der Waals surface area contributed by atoms with Crippen molar-refractivity contribution in [2.24, 2.45) is 0 Å². The summed E-state index contributed by atoms with van der Waals surface area (Å²) < 4.78 is 1.41. The molecule has 0 amide bonds. The van der Waals surface area contributed by atoms with Gasteiger partial charge in [0.15, 0.2) is 5.16 Å². The Kier molecular flexibility index (Phi) is 4.24. The predicted octanol–water partition coefficient (Wildman–Crippen LogP) is 0.580. The molecule has 17 heavy (non-hydrogen) atoms. The van der Waals surface area contributed by atoms with E-state index in [4.69, 9.17) is 16.7 Å². The van der Waals surface area contributed by atoms with Crippen LogP contribution in [0, 0.1) is 0 Å². The molecule has 0 aliphatic rings. The number of thioether (sulfide) groups is 1. The van der Waals surface area contributed by atoms with Gasteiger partial charge in [-0.3, -0.25) is 0 Å². The van der Waals surface area contributed by atoms with Crippen molar-refractivity contribution in [1.82, 2.24) is 29.7 Å². The van der Waals surface area contributed by atoms with Crippen molar-refractivity contribution >= 4 is 23.4 Å². The van der Waals surface area contributed by atoms with Crippen molar-refractivity contribution in [2.45, 2.75) is 11.6 Å². The highest BCUT2D eigenvalue weighted by Gasteiger charge is 2.07. The largest absolute Gasteiger partial charge is 0.396 e. The maximum Gasteiger partial charge on any atom is 0.257 e. The van der Waals surface area contributed by atoms with Gasteiger partial charge >= 0.3 is 0 Å². The quantitative estimate of drug-likeness (QED) is 0.629. The van der Waals surface area contributed by atoms with Crippen molar-refractivity contribution in [2.75, 3.05) is 12.4 Å². The molecule has 2 rings (SSSR count). The van der Waals surface area contributed by atoms with E-state index in [0.717, 1.165) is 0 Å². The first-order chi connectivity index (χ1) is 8.29. The van der Waals surface area contributed by atoms with E-state index in [9.17, 15) is 0 Å². The van der Waals surface area contributed by atoms with Gasteiger partial charge in [0.25, 0.3) is 5.95 Å². The molecule has 2 aromatic heterocycles. The summed E-state index contributed by atoms with van der Waals surface area (Å²) in [7, 11) is 0. The maximum absolute atomic E-state index is 8.69. The van der Waals surface area contributed by atoms with Crippen molar-refractivity contribution in [1.29, 1.82) is 0 Å². The Morgan fingerprint density at radius 3 is 2.94 bits per heavy atom. The number of aromatic nitrogens is 6. The summed E-state index contributed by atoms with van der Waals surface area (Å²) >= 11 is 7.20. The van der Waals surface area contributed by atoms with E-state index in [0.29, 0.717) is 23.3 Å². The molecule has 0 saturated heterocycles. The Bertz CT molecular complexity index is 479. The summed E-state index contributed by atoms with van der Waals surface area (Å²) in [6.07, 6.45) is 3.54. The molecule has 0 aromatic carbocycles. The van der Waals surface area contributed by atoms with E-state index in [-0.39, 0.29) is 11.9 Å². The average Bonchev–Trinajstić information content (AvgIpc) is 2.82. The van der Waals surface area contributed by atoms with Crippen molar-refractivity contribution in [3.63, 3.8) is 0 Å². The van der Waals surface area contributed by atoms with Gasteiger partial charge in [-0.05, 0) is 18.0 Å². The average molecular weight is 273 g/mol. The van der Waals surface area contributed by atoms with Crippen LogP contribution in [0.4, 0.5) is 0 Å². The van der Waals surface area contributed by atoms with E-state index < -0.39 is 0 Å². The fourth-order valence-electron chi connectivity index (χ4n) is 1.03. The highest BCUT2D eigenvalue weighted by atomic mass is 35.5. The zero-order valence-corrected chi connectivity index (χ0v) is 10.3. The van der Waals surface area contributed by atoms with Gasteiger partial charge in [0.2, 0.25) is 5.28 Å². The molecule has 0 aliphatic heterocycles. The molecule has 2 heterocycles. The molecule has 2 aromatic rings. The smallest absolute Gasteiger partial charge is 0.257 e. The summed E-state index contributed by atoms with van der Waals surface area (Å²) in [6, 6.07) is 0. The Morgan fingerprint density at radius 1 is 1.35 bits per heavy atom. The monoisotopic (exact) mass is 272 g/mol. The van der Waals surface area contributed by atoms with Crippen LogP contribution in [0.1, 0.15) is 6.42 Å². The summed E-state index contributed by atoms with van der Waals surface area (Å²) in [5.74, 6) is 1.04. The zero-order valence-electron chi connectivity index (χ0n) is 8.69. The first-order valence-electron chi connectivity index (χ1n) is 4.80. The molecule has 1 N–H and O–H groups in total. The molecule has 0 bridgehead atoms. The zero-order chi connectivity index (χ0) is 12.1. The van der Waals surface area contributed by atoms with Gasteiger partial charge in [-0.1, -0.05) is 11.8 Å². The minimum absolute atomic E-state index is 0.108. The second-order valence-electron chi connectivity index (χ2n) is 2.95. The molecule has 7 nitrogen and oxygen atoms in total. The number of rotatable bonds is 5. The van der Waals surface area contributed by atoms with E-state index in [1.165, 1.54) is 29.1 Å². The van der Waals surface area contributed by atoms with Gasteiger partial charge in [-0.15, -0.1) is 0 Å². The standard InChI is InChI=1S/C8H9ClN6OS/c9-6-12-7(15-5-10-4-11-15)14-8(13-6)17-3-1-2-16/h4-5,16H,1-3H2. The Balaban J connectivity index is 2.18. The Labute approximate surface area is 106 Å². The molecule has 0 saturated carbocycles. The number of halogens is 1. The third-order valence-electron chi connectivity index (χ3n) is 1.73. The molecule has 0 radical (unpaired) electrons. The first kappa shape index (κ1) is 12.2. The molecular formula is C8H9ClN6OS. The first-order valence-corrected chi connectivity index (χ1v) is 6.16. The second kappa shape index (κ2) is 5.89. The van der Waals surface area contributed by atoms with E-state index in [1.54, 1.807) is 0 Å². The Hall–Kier alpha value is -1.25. The maximum atomic E-state index is 8.69. The molecule has 0 unspecified atom stereocenters. The van der Waals surface area contributed by atoms with Crippen LogP contribution in [-0.4, -0.2) is 47.2 Å². The fraction of sp³-hybridized carbons (Fsp3) is 0.375. The molecule has 0 fully saturated rings. The third kappa shape index (κ3) is 3.35. The lowest BCUT2D eigenvalue weighted by Crippen LogP contribution is -2.04. The molecule has 0 spiro atoms. The van der Waals surface area contributed by atoms with Crippen LogP contribution in [0.2, 0.25) is 5.28 Å². The highest BCUT2D eigenvalue weighted by Crippen LogP contribution is 2.16.